The summed E-state index contributed by atoms with van der Waals surface area (Å²) in [6, 6.07) is 0. The molecule has 0 amide bonds. The summed E-state index contributed by atoms with van der Waals surface area (Å²) in [5.41, 5.74) is 0. The van der Waals surface area contributed by atoms with Crippen LogP contribution >= 0.6 is 0 Å². The van der Waals surface area contributed by atoms with Gasteiger partial charge in [-0.1, -0.05) is 13.3 Å². The summed E-state index contributed by atoms with van der Waals surface area (Å²) in [4.78, 5) is 0. The fraction of sp³-hybridized carbons (Fsp3) is 0.625. The summed E-state index contributed by atoms with van der Waals surface area (Å²) in [5.74, 6) is 0. The van der Waals surface area contributed by atoms with Crippen molar-refractivity contribution in [2.24, 2.45) is 7.05 Å². The maximum absolute atomic E-state index is 2.21. The molecule has 6 heteroatoms. The molecule has 80 valence electrons. The number of rotatable bonds is 3. The Morgan fingerprint density at radius 1 is 1.21 bits per heavy atom. The molecule has 0 saturated heterocycles. The molecule has 0 N–H and O–H groups in total. The Kier molecular flexibility index (Phi) is 26.8. The molecule has 1 rings (SSSR count). The average Bonchev–Trinajstić information content (AvgIpc) is 2.31. The Balaban J connectivity index is -0.000000125. The predicted molar refractivity (Wildman–Crippen MR) is 40.5 cm³/mol. The molecule has 0 aliphatic rings. The number of imidazole rings is 1. The minimum absolute atomic E-state index is 0. The summed E-state index contributed by atoms with van der Waals surface area (Å²) in [5, 5.41) is 0. The van der Waals surface area contributed by atoms with E-state index in [2.05, 4.69) is 34.8 Å². The molecule has 1 heterocycles. The quantitative estimate of drug-likeness (QED) is 0.190. The van der Waals surface area contributed by atoms with Crippen LogP contribution in [0.2, 0.25) is 0 Å². The number of aromatic nitrogens is 2. The van der Waals surface area contributed by atoms with Gasteiger partial charge in [-0.15, -0.1) is 0 Å². The van der Waals surface area contributed by atoms with Gasteiger partial charge in [0.05, 0.1) is 13.6 Å². The van der Waals surface area contributed by atoms with Crippen molar-refractivity contribution >= 4 is 0 Å². The van der Waals surface area contributed by atoms with Crippen molar-refractivity contribution in [3.63, 3.8) is 0 Å². The minimum Gasteiger partial charge on any atom is -1.00 e. The Bertz CT molecular complexity index is 206. The normalized spacial score (nSPS) is 7.29. The minimum atomic E-state index is 0. The molecule has 0 aliphatic heterocycles. The van der Waals surface area contributed by atoms with Crippen LogP contribution in [0.25, 0.3) is 0 Å². The molecular formula is C8H15I3N2Zn. The molecule has 0 atom stereocenters. The van der Waals surface area contributed by atoms with Crippen molar-refractivity contribution in [3.8, 4) is 0 Å². The van der Waals surface area contributed by atoms with E-state index >= 15 is 0 Å². The fourth-order valence-electron chi connectivity index (χ4n) is 0.975. The second-order valence-corrected chi connectivity index (χ2v) is 2.67. The summed E-state index contributed by atoms with van der Waals surface area (Å²) in [6.45, 7) is 3.36. The smallest absolute Gasteiger partial charge is 1.00 e. The molecule has 0 saturated carbocycles. The Labute approximate surface area is 150 Å². The van der Waals surface area contributed by atoms with Gasteiger partial charge in [-0.2, -0.15) is 0 Å². The van der Waals surface area contributed by atoms with Crippen LogP contribution in [0.4, 0.5) is 0 Å². The molecule has 1 aromatic heterocycles. The van der Waals surface area contributed by atoms with Crippen LogP contribution in [0, 0.1) is 0 Å². The van der Waals surface area contributed by atoms with Crippen molar-refractivity contribution in [2.75, 3.05) is 0 Å². The Morgan fingerprint density at radius 3 is 2.14 bits per heavy atom. The van der Waals surface area contributed by atoms with E-state index in [1.165, 1.54) is 12.8 Å². The van der Waals surface area contributed by atoms with E-state index in [0.29, 0.717) is 0 Å². The van der Waals surface area contributed by atoms with Crippen LogP contribution in [0.1, 0.15) is 19.8 Å². The number of aryl methyl sites for hydroxylation is 2. The molecule has 0 unspecified atom stereocenters. The Hall–Kier alpha value is 2.02. The van der Waals surface area contributed by atoms with E-state index in [9.17, 15) is 0 Å². The maximum atomic E-state index is 2.21. The number of hydrogen-bond acceptors (Lipinski definition) is 0. The maximum Gasteiger partial charge on any atom is 2.00 e. The zero-order valence-electron chi connectivity index (χ0n) is 8.59. The van der Waals surface area contributed by atoms with Crippen LogP contribution in [-0.4, -0.2) is 4.57 Å². The molecule has 0 spiro atoms. The molecule has 2 nitrogen and oxygen atoms in total. The third-order valence-electron chi connectivity index (χ3n) is 1.59. The standard InChI is InChI=1S/C8H15N2.3HI.Zn/c1-3-4-5-10-7-6-9(2)8-10;;;;/h6-8H,3-5H2,1-2H3;3*1H;/q+1;;;;+2/p-3. The van der Waals surface area contributed by atoms with Crippen molar-refractivity contribution < 1.29 is 96.0 Å². The summed E-state index contributed by atoms with van der Waals surface area (Å²) in [6.07, 6.45) is 8.82. The molecular weight excluding hydrogens is 570 g/mol. The van der Waals surface area contributed by atoms with Crippen LogP contribution in [0.3, 0.4) is 0 Å². The van der Waals surface area contributed by atoms with Crippen LogP contribution in [0.15, 0.2) is 18.7 Å². The summed E-state index contributed by atoms with van der Waals surface area (Å²) >= 11 is 0. The first-order chi connectivity index (χ1) is 4.83. The van der Waals surface area contributed by atoms with Gasteiger partial charge in [0, 0.05) is 0 Å². The second kappa shape index (κ2) is 15.0. The number of nitrogens with zero attached hydrogens (tertiary/aromatic N) is 2. The van der Waals surface area contributed by atoms with E-state index in [-0.39, 0.29) is 91.4 Å². The molecule has 1 aromatic rings. The predicted octanol–water partition coefficient (Wildman–Crippen LogP) is -7.88. The molecule has 0 fully saturated rings. The van der Waals surface area contributed by atoms with Gasteiger partial charge in [-0.25, -0.2) is 9.13 Å². The molecule has 0 aromatic carbocycles. The first-order valence-electron chi connectivity index (χ1n) is 3.84. The number of unbranched alkanes of at least 4 members (excludes halogenated alkanes) is 1. The second-order valence-electron chi connectivity index (χ2n) is 2.67. The molecule has 0 aliphatic carbocycles. The number of hydrogen-bond donors (Lipinski definition) is 0. The van der Waals surface area contributed by atoms with E-state index < -0.39 is 0 Å². The largest absolute Gasteiger partial charge is 2.00 e. The fourth-order valence-corrected chi connectivity index (χ4v) is 0.975. The van der Waals surface area contributed by atoms with Crippen molar-refractivity contribution in [2.45, 2.75) is 26.3 Å². The average molecular weight is 585 g/mol. The molecule has 0 radical (unpaired) electrons. The van der Waals surface area contributed by atoms with Crippen LogP contribution < -0.4 is 76.5 Å². The summed E-state index contributed by atoms with van der Waals surface area (Å²) < 4.78 is 4.28. The van der Waals surface area contributed by atoms with Gasteiger partial charge in [-0.3, -0.25) is 0 Å². The summed E-state index contributed by atoms with van der Waals surface area (Å²) in [7, 11) is 2.04. The third-order valence-corrected chi connectivity index (χ3v) is 1.59. The van der Waals surface area contributed by atoms with Crippen molar-refractivity contribution in [1.82, 2.24) is 4.57 Å². The van der Waals surface area contributed by atoms with E-state index in [4.69, 9.17) is 0 Å². The zero-order valence-corrected chi connectivity index (χ0v) is 18.0. The van der Waals surface area contributed by atoms with Crippen LogP contribution in [-0.2, 0) is 33.1 Å². The SMILES string of the molecule is CCCCn1cc[n+](C)c1.[I-].[I-].[I-].[Zn+2]. The Morgan fingerprint density at radius 2 is 1.79 bits per heavy atom. The first kappa shape index (κ1) is 25.0. The molecule has 14 heavy (non-hydrogen) atoms. The van der Waals surface area contributed by atoms with Gasteiger partial charge >= 0.3 is 19.5 Å². The number of halogens is 3. The third kappa shape index (κ3) is 10.5. The van der Waals surface area contributed by atoms with E-state index in [1.807, 2.05) is 7.05 Å². The van der Waals surface area contributed by atoms with E-state index in [1.54, 1.807) is 0 Å². The monoisotopic (exact) mass is 584 g/mol. The first-order valence-corrected chi connectivity index (χ1v) is 3.84. The van der Waals surface area contributed by atoms with Crippen molar-refractivity contribution in [1.29, 1.82) is 0 Å². The van der Waals surface area contributed by atoms with Gasteiger partial charge in [-0.05, 0) is 6.42 Å². The van der Waals surface area contributed by atoms with Crippen LogP contribution in [0.5, 0.6) is 0 Å². The van der Waals surface area contributed by atoms with Gasteiger partial charge in [0.2, 0.25) is 6.33 Å². The molecule has 0 bridgehead atoms. The van der Waals surface area contributed by atoms with Crippen molar-refractivity contribution in [3.05, 3.63) is 18.7 Å². The zero-order chi connectivity index (χ0) is 7.40. The topological polar surface area (TPSA) is 8.81 Å². The van der Waals surface area contributed by atoms with E-state index in [0.717, 1.165) is 6.54 Å². The van der Waals surface area contributed by atoms with Gasteiger partial charge in [0.15, 0.2) is 0 Å². The van der Waals surface area contributed by atoms with Gasteiger partial charge in [0.25, 0.3) is 0 Å². The van der Waals surface area contributed by atoms with Gasteiger partial charge < -0.3 is 71.9 Å². The van der Waals surface area contributed by atoms with Gasteiger partial charge in [0.1, 0.15) is 12.4 Å².